The SMILES string of the molecule is C.CC(CC(=O)O)C(C)(C)C.CC(CC(C)(C)C)C(=O)O. The highest BCUT2D eigenvalue weighted by molar-refractivity contribution is 5.69. The topological polar surface area (TPSA) is 74.6 Å². The number of rotatable bonds is 4. The molecule has 2 atom stereocenters. The Morgan fingerprint density at radius 3 is 1.43 bits per heavy atom. The van der Waals surface area contributed by atoms with Crippen LogP contribution in [0.5, 0.6) is 0 Å². The monoisotopic (exact) mass is 304 g/mol. The van der Waals surface area contributed by atoms with E-state index in [4.69, 9.17) is 10.2 Å². The average Bonchev–Trinajstić information content (AvgIpc) is 2.12. The normalized spacial score (nSPS) is 14.1. The van der Waals surface area contributed by atoms with Gasteiger partial charge in [-0.15, -0.1) is 0 Å². The molecule has 128 valence electrons. The molecule has 0 heterocycles. The zero-order chi connectivity index (χ0) is 16.7. The summed E-state index contributed by atoms with van der Waals surface area (Å²) in [5.74, 6) is -1.39. The van der Waals surface area contributed by atoms with Crippen LogP contribution < -0.4 is 0 Å². The van der Waals surface area contributed by atoms with Crippen LogP contribution in [0.4, 0.5) is 0 Å². The zero-order valence-corrected chi connectivity index (χ0v) is 14.3. The highest BCUT2D eigenvalue weighted by atomic mass is 16.4. The second-order valence-corrected chi connectivity index (χ2v) is 7.87. The van der Waals surface area contributed by atoms with Gasteiger partial charge in [-0.3, -0.25) is 9.59 Å². The lowest BCUT2D eigenvalue weighted by atomic mass is 9.80. The summed E-state index contributed by atoms with van der Waals surface area (Å²) >= 11 is 0. The van der Waals surface area contributed by atoms with E-state index in [0.717, 1.165) is 6.42 Å². The lowest BCUT2D eigenvalue weighted by molar-refractivity contribution is -0.142. The van der Waals surface area contributed by atoms with Crippen molar-refractivity contribution in [2.24, 2.45) is 22.7 Å². The van der Waals surface area contributed by atoms with Crippen molar-refractivity contribution in [2.75, 3.05) is 0 Å². The van der Waals surface area contributed by atoms with Crippen LogP contribution in [-0.2, 0) is 9.59 Å². The van der Waals surface area contributed by atoms with E-state index in [9.17, 15) is 9.59 Å². The second-order valence-electron chi connectivity index (χ2n) is 7.87. The first-order valence-corrected chi connectivity index (χ1v) is 7.11. The molecule has 2 unspecified atom stereocenters. The van der Waals surface area contributed by atoms with E-state index >= 15 is 0 Å². The van der Waals surface area contributed by atoms with Crippen molar-refractivity contribution in [2.45, 2.75) is 75.7 Å². The summed E-state index contributed by atoms with van der Waals surface area (Å²) in [6.45, 7) is 16.0. The Bertz CT molecular complexity index is 308. The summed E-state index contributed by atoms with van der Waals surface area (Å²) in [4.78, 5) is 20.6. The fourth-order valence-electron chi connectivity index (χ4n) is 1.57. The Morgan fingerprint density at radius 1 is 0.952 bits per heavy atom. The largest absolute Gasteiger partial charge is 0.481 e. The molecule has 21 heavy (non-hydrogen) atoms. The molecular formula is C17H36O4. The molecule has 2 N–H and O–H groups in total. The second kappa shape index (κ2) is 9.80. The maximum Gasteiger partial charge on any atom is 0.306 e. The summed E-state index contributed by atoms with van der Waals surface area (Å²) in [6, 6.07) is 0. The van der Waals surface area contributed by atoms with Gasteiger partial charge in [0.25, 0.3) is 0 Å². The van der Waals surface area contributed by atoms with E-state index in [0.29, 0.717) is 0 Å². The molecule has 4 nitrogen and oxygen atoms in total. The van der Waals surface area contributed by atoms with Gasteiger partial charge in [0.15, 0.2) is 0 Å². The van der Waals surface area contributed by atoms with Crippen LogP contribution in [0.15, 0.2) is 0 Å². The van der Waals surface area contributed by atoms with E-state index in [-0.39, 0.29) is 36.5 Å². The van der Waals surface area contributed by atoms with Gasteiger partial charge in [0.05, 0.1) is 5.92 Å². The first kappa shape index (κ1) is 24.9. The molecule has 0 saturated heterocycles. The van der Waals surface area contributed by atoms with Crippen LogP contribution in [0.25, 0.3) is 0 Å². The van der Waals surface area contributed by atoms with Crippen molar-refractivity contribution in [3.05, 3.63) is 0 Å². The maximum absolute atomic E-state index is 10.4. The van der Waals surface area contributed by atoms with Gasteiger partial charge in [-0.1, -0.05) is 62.8 Å². The maximum atomic E-state index is 10.4. The number of carboxylic acids is 2. The van der Waals surface area contributed by atoms with Crippen molar-refractivity contribution in [3.63, 3.8) is 0 Å². The predicted octanol–water partition coefficient (Wildman–Crippen LogP) is 4.92. The van der Waals surface area contributed by atoms with E-state index in [2.05, 4.69) is 20.8 Å². The van der Waals surface area contributed by atoms with E-state index in [1.165, 1.54) is 0 Å². The van der Waals surface area contributed by atoms with Crippen molar-refractivity contribution in [1.29, 1.82) is 0 Å². The lowest BCUT2D eigenvalue weighted by Crippen LogP contribution is -2.20. The van der Waals surface area contributed by atoms with Crippen molar-refractivity contribution < 1.29 is 19.8 Å². The molecule has 0 bridgehead atoms. The molecule has 0 aliphatic rings. The summed E-state index contributed by atoms with van der Waals surface area (Å²) in [5.41, 5.74) is 0.232. The smallest absolute Gasteiger partial charge is 0.306 e. The van der Waals surface area contributed by atoms with Gasteiger partial charge in [-0.2, -0.15) is 0 Å². The quantitative estimate of drug-likeness (QED) is 0.772. The molecule has 0 spiro atoms. The summed E-state index contributed by atoms with van der Waals surface area (Å²) < 4.78 is 0. The summed E-state index contributed by atoms with van der Waals surface area (Å²) in [7, 11) is 0. The van der Waals surface area contributed by atoms with Gasteiger partial charge < -0.3 is 10.2 Å². The minimum atomic E-state index is -0.706. The Morgan fingerprint density at radius 2 is 1.33 bits per heavy atom. The molecule has 4 heteroatoms. The number of hydrogen-bond donors (Lipinski definition) is 2. The molecule has 0 rings (SSSR count). The zero-order valence-electron chi connectivity index (χ0n) is 14.3. The van der Waals surface area contributed by atoms with Gasteiger partial charge in [-0.25, -0.2) is 0 Å². The third-order valence-corrected chi connectivity index (χ3v) is 3.30. The number of carboxylic acid groups (broad SMARTS) is 2. The van der Waals surface area contributed by atoms with E-state index < -0.39 is 11.9 Å². The first-order chi connectivity index (χ1) is 8.66. The van der Waals surface area contributed by atoms with Crippen LogP contribution in [0.2, 0.25) is 0 Å². The fraction of sp³-hybridized carbons (Fsp3) is 0.882. The average molecular weight is 304 g/mol. The third-order valence-electron chi connectivity index (χ3n) is 3.30. The number of carbonyl (C=O) groups is 2. The summed E-state index contributed by atoms with van der Waals surface area (Å²) in [6.07, 6.45) is 1.01. The standard InChI is InChI=1S/2C8H16O2.CH4/c1-6(7(9)10)5-8(2,3)4;1-6(5-7(9)10)8(2,3)4;/h2*6H,5H2,1-4H3,(H,9,10);1H4. The van der Waals surface area contributed by atoms with Crippen LogP contribution in [0.3, 0.4) is 0 Å². The van der Waals surface area contributed by atoms with Crippen LogP contribution >= 0.6 is 0 Å². The molecule has 0 fully saturated rings. The van der Waals surface area contributed by atoms with Crippen molar-refractivity contribution in [3.8, 4) is 0 Å². The molecule has 0 aromatic carbocycles. The molecule has 0 aliphatic carbocycles. The Kier molecular flexibility index (Phi) is 11.6. The van der Waals surface area contributed by atoms with Crippen LogP contribution in [0.1, 0.15) is 75.7 Å². The number of aliphatic carboxylic acids is 2. The van der Waals surface area contributed by atoms with Gasteiger partial charge in [0.2, 0.25) is 0 Å². The van der Waals surface area contributed by atoms with Gasteiger partial charge in [0, 0.05) is 6.42 Å². The van der Waals surface area contributed by atoms with Gasteiger partial charge >= 0.3 is 11.9 Å². The number of hydrogen-bond acceptors (Lipinski definition) is 2. The highest BCUT2D eigenvalue weighted by Gasteiger charge is 2.22. The molecule has 0 saturated carbocycles. The van der Waals surface area contributed by atoms with Gasteiger partial charge in [-0.05, 0) is 23.2 Å². The first-order valence-electron chi connectivity index (χ1n) is 7.11. The minimum Gasteiger partial charge on any atom is -0.481 e. The Hall–Kier alpha value is -1.06. The van der Waals surface area contributed by atoms with Crippen LogP contribution in [0, 0.1) is 22.7 Å². The minimum absolute atomic E-state index is 0. The molecule has 0 radical (unpaired) electrons. The van der Waals surface area contributed by atoms with Crippen molar-refractivity contribution in [1.82, 2.24) is 0 Å². The fourth-order valence-corrected chi connectivity index (χ4v) is 1.57. The molecule has 0 aromatic heterocycles. The van der Waals surface area contributed by atoms with Crippen LogP contribution in [-0.4, -0.2) is 22.2 Å². The van der Waals surface area contributed by atoms with Gasteiger partial charge in [0.1, 0.15) is 0 Å². The van der Waals surface area contributed by atoms with E-state index in [1.54, 1.807) is 6.92 Å². The van der Waals surface area contributed by atoms with Crippen molar-refractivity contribution >= 4 is 11.9 Å². The summed E-state index contributed by atoms with van der Waals surface area (Å²) in [5, 5.41) is 17.0. The highest BCUT2D eigenvalue weighted by Crippen LogP contribution is 2.27. The Balaban J connectivity index is -0.000000295. The molecule has 0 amide bonds. The molecule has 0 aromatic rings. The third kappa shape index (κ3) is 16.9. The Labute approximate surface area is 131 Å². The lowest BCUT2D eigenvalue weighted by Gasteiger charge is -2.25. The van der Waals surface area contributed by atoms with E-state index in [1.807, 2.05) is 27.7 Å². The predicted molar refractivity (Wildman–Crippen MR) is 88.5 cm³/mol. The molecule has 0 aliphatic heterocycles. The molecular weight excluding hydrogens is 268 g/mol.